The van der Waals surface area contributed by atoms with Crippen LogP contribution in [0, 0.1) is 6.92 Å². The lowest BCUT2D eigenvalue weighted by molar-refractivity contribution is 0.745. The Kier molecular flexibility index (Phi) is 2.75. The van der Waals surface area contributed by atoms with E-state index in [1.807, 2.05) is 61.1 Å². The van der Waals surface area contributed by atoms with Crippen LogP contribution in [0.2, 0.25) is 0 Å². The highest BCUT2D eigenvalue weighted by Crippen LogP contribution is 2.23. The second kappa shape index (κ2) is 4.77. The molecule has 0 unspecified atom stereocenters. The maximum absolute atomic E-state index is 4.66. The number of rotatable bonds is 2. The summed E-state index contributed by atoms with van der Waals surface area (Å²) in [5, 5.41) is 9.11. The van der Waals surface area contributed by atoms with Gasteiger partial charge in [-0.15, -0.1) is 5.10 Å². The molecule has 22 heavy (non-hydrogen) atoms. The van der Waals surface area contributed by atoms with Crippen molar-refractivity contribution in [1.29, 1.82) is 0 Å². The molecule has 0 amide bonds. The molecule has 0 atom stereocenters. The molecule has 4 rings (SSSR count). The summed E-state index contributed by atoms with van der Waals surface area (Å²) in [7, 11) is 1.97. The number of benzene rings is 1. The third-order valence-corrected chi connectivity index (χ3v) is 3.66. The van der Waals surface area contributed by atoms with E-state index in [9.17, 15) is 0 Å². The Morgan fingerprint density at radius 1 is 1.00 bits per heavy atom. The van der Waals surface area contributed by atoms with Crippen LogP contribution < -0.4 is 0 Å². The number of aryl methyl sites for hydroxylation is 2. The molecule has 0 saturated heterocycles. The van der Waals surface area contributed by atoms with Gasteiger partial charge in [0.15, 0.2) is 11.5 Å². The van der Waals surface area contributed by atoms with Gasteiger partial charge in [0, 0.05) is 13.2 Å². The molecule has 0 radical (unpaired) electrons. The highest BCUT2D eigenvalue weighted by Gasteiger charge is 2.17. The zero-order chi connectivity index (χ0) is 15.1. The van der Waals surface area contributed by atoms with Gasteiger partial charge in [0.05, 0.1) is 28.6 Å². The van der Waals surface area contributed by atoms with Gasteiger partial charge in [-0.2, -0.15) is 9.90 Å². The SMILES string of the molecule is Cc1nn(-c2ccccc2)nc1-c1nc2ccncc2n1C. The molecule has 4 aromatic rings. The Bertz CT molecular complexity index is 951. The van der Waals surface area contributed by atoms with E-state index in [1.165, 1.54) is 0 Å². The zero-order valence-corrected chi connectivity index (χ0v) is 12.3. The first-order valence-electron chi connectivity index (χ1n) is 7.00. The fourth-order valence-electron chi connectivity index (χ4n) is 2.51. The zero-order valence-electron chi connectivity index (χ0n) is 12.3. The largest absolute Gasteiger partial charge is 0.324 e. The van der Waals surface area contributed by atoms with Crippen molar-refractivity contribution in [3.8, 4) is 17.2 Å². The quantitative estimate of drug-likeness (QED) is 0.569. The number of nitrogens with zero attached hydrogens (tertiary/aromatic N) is 6. The predicted molar refractivity (Wildman–Crippen MR) is 83.6 cm³/mol. The molecule has 0 spiro atoms. The third-order valence-electron chi connectivity index (χ3n) is 3.66. The molecule has 6 nitrogen and oxygen atoms in total. The molecule has 0 bridgehead atoms. The minimum Gasteiger partial charge on any atom is -0.324 e. The summed E-state index contributed by atoms with van der Waals surface area (Å²) in [5.41, 5.74) is 4.43. The molecule has 1 aromatic carbocycles. The first-order valence-corrected chi connectivity index (χ1v) is 7.00. The van der Waals surface area contributed by atoms with Gasteiger partial charge in [0.25, 0.3) is 0 Å². The standard InChI is InChI=1S/C16H14N6/c1-11-15(20-22(19-11)12-6-4-3-5-7-12)16-18-13-8-9-17-10-14(13)21(16)2/h3-10H,1-2H3. The molecule has 6 heteroatoms. The van der Waals surface area contributed by atoms with Crippen LogP contribution in [0.1, 0.15) is 5.69 Å². The van der Waals surface area contributed by atoms with E-state index in [0.717, 1.165) is 33.9 Å². The average Bonchev–Trinajstić information content (AvgIpc) is 3.09. The van der Waals surface area contributed by atoms with Crippen molar-refractivity contribution < 1.29 is 0 Å². The van der Waals surface area contributed by atoms with Crippen molar-refractivity contribution in [3.05, 3.63) is 54.5 Å². The summed E-state index contributed by atoms with van der Waals surface area (Å²) in [6.45, 7) is 1.94. The van der Waals surface area contributed by atoms with E-state index in [4.69, 9.17) is 0 Å². The number of hydrogen-bond donors (Lipinski definition) is 0. The second-order valence-corrected chi connectivity index (χ2v) is 5.12. The Morgan fingerprint density at radius 3 is 2.59 bits per heavy atom. The average molecular weight is 290 g/mol. The van der Waals surface area contributed by atoms with Crippen molar-refractivity contribution in [3.63, 3.8) is 0 Å². The van der Waals surface area contributed by atoms with Gasteiger partial charge < -0.3 is 4.57 Å². The molecule has 0 aliphatic carbocycles. The number of para-hydroxylation sites is 1. The van der Waals surface area contributed by atoms with Crippen LogP contribution in [-0.2, 0) is 7.05 Å². The van der Waals surface area contributed by atoms with Gasteiger partial charge in [-0.1, -0.05) is 18.2 Å². The molecular formula is C16H14N6. The first kappa shape index (κ1) is 12.7. The highest BCUT2D eigenvalue weighted by atomic mass is 15.5. The Morgan fingerprint density at radius 2 is 1.82 bits per heavy atom. The van der Waals surface area contributed by atoms with E-state index in [-0.39, 0.29) is 0 Å². The first-order chi connectivity index (χ1) is 10.7. The molecule has 0 fully saturated rings. The van der Waals surface area contributed by atoms with E-state index < -0.39 is 0 Å². The number of imidazole rings is 1. The lowest BCUT2D eigenvalue weighted by Gasteiger charge is -1.99. The molecule has 0 aliphatic rings. The van der Waals surface area contributed by atoms with E-state index >= 15 is 0 Å². The number of hydrogen-bond acceptors (Lipinski definition) is 4. The van der Waals surface area contributed by atoms with Gasteiger partial charge in [-0.25, -0.2) is 4.98 Å². The van der Waals surface area contributed by atoms with Gasteiger partial charge in [-0.05, 0) is 25.1 Å². The monoisotopic (exact) mass is 290 g/mol. The van der Waals surface area contributed by atoms with Crippen molar-refractivity contribution >= 4 is 11.0 Å². The van der Waals surface area contributed by atoms with Gasteiger partial charge in [0.1, 0.15) is 0 Å². The molecule has 108 valence electrons. The van der Waals surface area contributed by atoms with Gasteiger partial charge in [0.2, 0.25) is 0 Å². The minimum absolute atomic E-state index is 0.780. The van der Waals surface area contributed by atoms with Crippen LogP contribution in [-0.4, -0.2) is 29.5 Å². The molecule has 0 aliphatic heterocycles. The lowest BCUT2D eigenvalue weighted by Crippen LogP contribution is -1.99. The van der Waals surface area contributed by atoms with Gasteiger partial charge in [-0.3, -0.25) is 4.98 Å². The fraction of sp³-hybridized carbons (Fsp3) is 0.125. The highest BCUT2D eigenvalue weighted by molar-refractivity contribution is 5.79. The van der Waals surface area contributed by atoms with E-state index in [1.54, 1.807) is 11.0 Å². The Hall–Kier alpha value is -3.02. The number of fused-ring (bicyclic) bond motifs is 1. The Balaban J connectivity index is 1.89. The minimum atomic E-state index is 0.780. The normalized spacial score (nSPS) is 11.2. The van der Waals surface area contributed by atoms with Crippen molar-refractivity contribution in [1.82, 2.24) is 29.5 Å². The van der Waals surface area contributed by atoms with Crippen LogP contribution in [0.3, 0.4) is 0 Å². The topological polar surface area (TPSA) is 61.4 Å². The number of pyridine rings is 1. The maximum Gasteiger partial charge on any atom is 0.163 e. The molecule has 0 N–H and O–H groups in total. The van der Waals surface area contributed by atoms with Crippen molar-refractivity contribution in [2.24, 2.45) is 7.05 Å². The van der Waals surface area contributed by atoms with E-state index in [2.05, 4.69) is 20.2 Å². The van der Waals surface area contributed by atoms with Crippen LogP contribution in [0.4, 0.5) is 0 Å². The van der Waals surface area contributed by atoms with E-state index in [0.29, 0.717) is 0 Å². The summed E-state index contributed by atoms with van der Waals surface area (Å²) in [4.78, 5) is 10.5. The number of aromatic nitrogens is 6. The van der Waals surface area contributed by atoms with Crippen molar-refractivity contribution in [2.75, 3.05) is 0 Å². The van der Waals surface area contributed by atoms with Crippen LogP contribution >= 0.6 is 0 Å². The molecule has 3 aromatic heterocycles. The van der Waals surface area contributed by atoms with Crippen LogP contribution in [0.25, 0.3) is 28.2 Å². The Labute approximate surface area is 127 Å². The second-order valence-electron chi connectivity index (χ2n) is 5.12. The predicted octanol–water partition coefficient (Wildman–Crippen LogP) is 2.52. The smallest absolute Gasteiger partial charge is 0.163 e. The van der Waals surface area contributed by atoms with Crippen molar-refractivity contribution in [2.45, 2.75) is 6.92 Å². The summed E-state index contributed by atoms with van der Waals surface area (Å²) in [6, 6.07) is 11.8. The lowest BCUT2D eigenvalue weighted by atomic mass is 10.3. The fourth-order valence-corrected chi connectivity index (χ4v) is 2.51. The molecular weight excluding hydrogens is 276 g/mol. The van der Waals surface area contributed by atoms with Gasteiger partial charge >= 0.3 is 0 Å². The summed E-state index contributed by atoms with van der Waals surface area (Å²) >= 11 is 0. The molecule has 0 saturated carbocycles. The van der Waals surface area contributed by atoms with Crippen LogP contribution in [0.15, 0.2) is 48.8 Å². The maximum atomic E-state index is 4.66. The third kappa shape index (κ3) is 1.88. The molecule has 3 heterocycles. The summed E-state index contributed by atoms with van der Waals surface area (Å²) < 4.78 is 1.99. The van der Waals surface area contributed by atoms with Crippen LogP contribution in [0.5, 0.6) is 0 Å². The summed E-state index contributed by atoms with van der Waals surface area (Å²) in [6.07, 6.45) is 3.55. The summed E-state index contributed by atoms with van der Waals surface area (Å²) in [5.74, 6) is 0.794.